The molecule has 1 aromatic carbocycles. The Labute approximate surface area is 117 Å². The lowest BCUT2D eigenvalue weighted by atomic mass is 10.2. The van der Waals surface area contributed by atoms with Crippen molar-refractivity contribution < 1.29 is 18.4 Å². The average Bonchev–Trinajstić information content (AvgIpc) is 2.57. The van der Waals surface area contributed by atoms with Gasteiger partial charge in [0, 0.05) is 31.2 Å². The van der Waals surface area contributed by atoms with Crippen LogP contribution in [0.25, 0.3) is 0 Å². The largest absolute Gasteiger partial charge is 0.307 e. The van der Waals surface area contributed by atoms with E-state index in [2.05, 4.69) is 0 Å². The molecule has 3 nitrogen and oxygen atoms in total. The fraction of sp³-hybridized carbons (Fsp3) is 0.333. The van der Waals surface area contributed by atoms with Crippen LogP contribution in [-0.2, 0) is 9.59 Å². The van der Waals surface area contributed by atoms with E-state index in [1.165, 1.54) is 6.92 Å². The van der Waals surface area contributed by atoms with Gasteiger partial charge in [0.05, 0.1) is 10.7 Å². The van der Waals surface area contributed by atoms with Gasteiger partial charge in [0.2, 0.25) is 5.91 Å². The summed E-state index contributed by atoms with van der Waals surface area (Å²) in [4.78, 5) is 24.0. The molecule has 1 fully saturated rings. The maximum Gasteiger partial charge on any atom is 0.228 e. The number of hydrogen-bond acceptors (Lipinski definition) is 3. The van der Waals surface area contributed by atoms with E-state index in [1.54, 1.807) is 0 Å². The molecule has 102 valence electrons. The van der Waals surface area contributed by atoms with Crippen molar-refractivity contribution in [2.45, 2.75) is 18.6 Å². The molecule has 1 heterocycles. The molecular weight excluding hydrogens is 296 g/mol. The van der Waals surface area contributed by atoms with Crippen molar-refractivity contribution in [1.29, 1.82) is 0 Å². The Morgan fingerprint density at radius 1 is 1.47 bits per heavy atom. The Bertz CT molecular complexity index is 530. The highest BCUT2D eigenvalue weighted by Gasteiger charge is 2.34. The quantitative estimate of drug-likeness (QED) is 0.843. The van der Waals surface area contributed by atoms with Crippen LogP contribution in [0.15, 0.2) is 12.1 Å². The lowest BCUT2D eigenvalue weighted by Crippen LogP contribution is -2.26. The van der Waals surface area contributed by atoms with Gasteiger partial charge in [0.15, 0.2) is 10.9 Å². The topological polar surface area (TPSA) is 37.4 Å². The fourth-order valence-electron chi connectivity index (χ4n) is 2.00. The number of benzene rings is 1. The second-order valence-corrected chi connectivity index (χ2v) is 6.04. The van der Waals surface area contributed by atoms with E-state index >= 15 is 0 Å². The maximum atomic E-state index is 13.7. The van der Waals surface area contributed by atoms with Crippen LogP contribution < -0.4 is 4.90 Å². The molecule has 0 aromatic heterocycles. The molecule has 0 aliphatic carbocycles. The first-order valence-electron chi connectivity index (χ1n) is 5.50. The molecular formula is C12H10ClF2NO2S. The number of carbonyl (C=O) groups is 2. The average molecular weight is 306 g/mol. The summed E-state index contributed by atoms with van der Waals surface area (Å²) in [5, 5.41) is -0.491. The number of halogens is 3. The molecule has 1 saturated heterocycles. The van der Waals surface area contributed by atoms with Crippen LogP contribution in [0.2, 0.25) is 5.02 Å². The Kier molecular flexibility index (Phi) is 4.10. The number of nitrogens with zero attached hydrogens (tertiary/aromatic N) is 1. The second kappa shape index (κ2) is 5.46. The normalized spacial score (nSPS) is 19.1. The lowest BCUT2D eigenvalue weighted by Gasteiger charge is -2.18. The van der Waals surface area contributed by atoms with Crippen LogP contribution in [0.3, 0.4) is 0 Å². The Morgan fingerprint density at radius 3 is 2.74 bits per heavy atom. The van der Waals surface area contributed by atoms with Gasteiger partial charge in [0.25, 0.3) is 0 Å². The number of thioether (sulfide) groups is 1. The molecule has 1 aliphatic rings. The first kappa shape index (κ1) is 14.3. The summed E-state index contributed by atoms with van der Waals surface area (Å²) in [6.07, 6.45) is 0.136. The third kappa shape index (κ3) is 3.06. The second-order valence-electron chi connectivity index (χ2n) is 4.16. The molecule has 1 aliphatic heterocycles. The molecule has 1 aromatic rings. The van der Waals surface area contributed by atoms with E-state index < -0.39 is 11.6 Å². The number of carbonyl (C=O) groups excluding carboxylic acids is 2. The van der Waals surface area contributed by atoms with Gasteiger partial charge in [-0.05, 0) is 6.07 Å². The minimum Gasteiger partial charge on any atom is -0.307 e. The van der Waals surface area contributed by atoms with Crippen LogP contribution in [0, 0.1) is 11.6 Å². The van der Waals surface area contributed by atoms with Crippen LogP contribution in [0.4, 0.5) is 14.5 Å². The number of rotatable bonds is 2. The van der Waals surface area contributed by atoms with Crippen LogP contribution in [0.5, 0.6) is 0 Å². The van der Waals surface area contributed by atoms with Crippen LogP contribution >= 0.6 is 23.4 Å². The molecule has 2 rings (SSSR count). The van der Waals surface area contributed by atoms with Gasteiger partial charge in [-0.25, -0.2) is 8.78 Å². The Balaban J connectivity index is 2.28. The Morgan fingerprint density at radius 2 is 2.16 bits per heavy atom. The number of hydrogen-bond donors (Lipinski definition) is 0. The van der Waals surface area contributed by atoms with Gasteiger partial charge in [-0.2, -0.15) is 0 Å². The monoisotopic (exact) mass is 305 g/mol. The van der Waals surface area contributed by atoms with E-state index in [9.17, 15) is 18.4 Å². The fourth-order valence-corrected chi connectivity index (χ4v) is 3.21. The van der Waals surface area contributed by atoms with E-state index in [4.69, 9.17) is 11.6 Å². The van der Waals surface area contributed by atoms with E-state index in [-0.39, 0.29) is 39.9 Å². The summed E-state index contributed by atoms with van der Waals surface area (Å²) < 4.78 is 26.7. The standard InChI is InChI=1S/C12H10ClF2NO2S/c1-6(17)19-8-4-11(18)16(5-8)12-9(13)2-7(14)3-10(12)15/h2-3,8H,4-5H2,1H3. The van der Waals surface area contributed by atoms with E-state index in [1.807, 2.05) is 0 Å². The predicted molar refractivity (Wildman–Crippen MR) is 70.4 cm³/mol. The zero-order valence-corrected chi connectivity index (χ0v) is 11.5. The molecule has 0 bridgehead atoms. The van der Waals surface area contributed by atoms with Gasteiger partial charge in [-0.15, -0.1) is 0 Å². The molecule has 7 heteroatoms. The van der Waals surface area contributed by atoms with Crippen molar-refractivity contribution in [3.8, 4) is 0 Å². The number of amides is 1. The maximum absolute atomic E-state index is 13.7. The van der Waals surface area contributed by atoms with Crippen LogP contribution in [0.1, 0.15) is 13.3 Å². The summed E-state index contributed by atoms with van der Waals surface area (Å²) in [5.74, 6) is -2.01. The zero-order chi connectivity index (χ0) is 14.2. The first-order valence-corrected chi connectivity index (χ1v) is 6.76. The predicted octanol–water partition coefficient (Wildman–Crippen LogP) is 3.00. The highest BCUT2D eigenvalue weighted by molar-refractivity contribution is 8.14. The highest BCUT2D eigenvalue weighted by Crippen LogP contribution is 2.35. The summed E-state index contributed by atoms with van der Waals surface area (Å²) in [6, 6.07) is 1.64. The van der Waals surface area contributed by atoms with Crippen molar-refractivity contribution in [2.75, 3.05) is 11.4 Å². The molecule has 0 spiro atoms. The van der Waals surface area contributed by atoms with Gasteiger partial charge in [0.1, 0.15) is 5.82 Å². The van der Waals surface area contributed by atoms with Crippen molar-refractivity contribution in [2.24, 2.45) is 0 Å². The molecule has 1 amide bonds. The number of anilines is 1. The van der Waals surface area contributed by atoms with Crippen molar-refractivity contribution >= 4 is 40.1 Å². The van der Waals surface area contributed by atoms with Crippen molar-refractivity contribution in [1.82, 2.24) is 0 Å². The smallest absolute Gasteiger partial charge is 0.228 e. The molecule has 19 heavy (non-hydrogen) atoms. The van der Waals surface area contributed by atoms with E-state index in [0.717, 1.165) is 22.7 Å². The van der Waals surface area contributed by atoms with Gasteiger partial charge >= 0.3 is 0 Å². The van der Waals surface area contributed by atoms with Gasteiger partial charge in [-0.1, -0.05) is 23.4 Å². The van der Waals surface area contributed by atoms with E-state index in [0.29, 0.717) is 6.07 Å². The molecule has 1 unspecified atom stereocenters. The third-order valence-corrected chi connectivity index (χ3v) is 3.94. The summed E-state index contributed by atoms with van der Waals surface area (Å²) in [6.45, 7) is 1.59. The zero-order valence-electron chi connectivity index (χ0n) is 9.95. The van der Waals surface area contributed by atoms with Gasteiger partial charge in [-0.3, -0.25) is 9.59 Å². The van der Waals surface area contributed by atoms with Crippen molar-refractivity contribution in [3.63, 3.8) is 0 Å². The molecule has 0 saturated carbocycles. The van der Waals surface area contributed by atoms with Crippen molar-refractivity contribution in [3.05, 3.63) is 28.8 Å². The molecule has 1 atom stereocenters. The summed E-state index contributed by atoms with van der Waals surface area (Å²) in [7, 11) is 0. The Hall–Kier alpha value is -1.14. The lowest BCUT2D eigenvalue weighted by molar-refractivity contribution is -0.117. The minimum atomic E-state index is -0.883. The SMILES string of the molecule is CC(=O)SC1CC(=O)N(c2c(F)cc(F)cc2Cl)C1. The summed E-state index contributed by atoms with van der Waals surface area (Å²) in [5.41, 5.74) is -0.125. The third-order valence-electron chi connectivity index (χ3n) is 2.67. The van der Waals surface area contributed by atoms with Gasteiger partial charge < -0.3 is 4.90 Å². The highest BCUT2D eigenvalue weighted by atomic mass is 35.5. The van der Waals surface area contributed by atoms with Crippen LogP contribution in [-0.4, -0.2) is 22.8 Å². The minimum absolute atomic E-state index is 0.106. The summed E-state index contributed by atoms with van der Waals surface area (Å²) >= 11 is 6.82. The first-order chi connectivity index (χ1) is 8.88. The molecule has 0 N–H and O–H groups in total. The molecule has 0 radical (unpaired) electrons.